The van der Waals surface area contributed by atoms with Gasteiger partial charge in [0.15, 0.2) is 0 Å². The number of carbonyl (C=O) groups is 2. The Morgan fingerprint density at radius 3 is 2.86 bits per heavy atom. The summed E-state index contributed by atoms with van der Waals surface area (Å²) in [7, 11) is 0. The fourth-order valence-corrected chi connectivity index (χ4v) is 2.57. The fraction of sp³-hybridized carbons (Fsp3) is 0.529. The van der Waals surface area contributed by atoms with E-state index in [0.29, 0.717) is 13.2 Å². The van der Waals surface area contributed by atoms with Gasteiger partial charge >= 0.3 is 0 Å². The molecule has 1 aromatic rings. The number of rotatable bonds is 0. The maximum atomic E-state index is 12.0. The quantitative estimate of drug-likeness (QED) is 0.794. The summed E-state index contributed by atoms with van der Waals surface area (Å²) in [5.74, 6) is 0.680. The number of carbonyl (C=O) groups excluding carboxylic acids is 2. The van der Waals surface area contributed by atoms with Gasteiger partial charge in [0.2, 0.25) is 11.8 Å². The number of fused-ring (bicyclic) bond motifs is 1. The lowest BCUT2D eigenvalue weighted by molar-refractivity contribution is -0.134. The predicted molar refractivity (Wildman–Crippen MR) is 84.7 cm³/mol. The number of nitrogens with zero attached hydrogens (tertiary/aromatic N) is 1. The van der Waals surface area contributed by atoms with Crippen LogP contribution in [0.1, 0.15) is 32.3 Å². The van der Waals surface area contributed by atoms with Gasteiger partial charge in [-0.25, -0.2) is 0 Å². The molecule has 1 N–H and O–H groups in total. The van der Waals surface area contributed by atoms with Crippen LogP contribution in [0, 0.1) is 0 Å². The van der Waals surface area contributed by atoms with Crippen LogP contribution in [0.2, 0.25) is 0 Å². The predicted octanol–water partition coefficient (Wildman–Crippen LogP) is 1.75. The Hall–Kier alpha value is -2.04. The Kier molecular flexibility index (Phi) is 5.81. The number of aryl methyl sites for hydroxylation is 1. The number of para-hydroxylation sites is 1. The van der Waals surface area contributed by atoms with Crippen molar-refractivity contribution in [3.63, 3.8) is 0 Å². The first-order valence-corrected chi connectivity index (χ1v) is 7.82. The lowest BCUT2D eigenvalue weighted by Crippen LogP contribution is -2.44. The van der Waals surface area contributed by atoms with E-state index in [4.69, 9.17) is 4.74 Å². The van der Waals surface area contributed by atoms with E-state index in [9.17, 15) is 9.59 Å². The van der Waals surface area contributed by atoms with Crippen LogP contribution in [-0.4, -0.2) is 42.5 Å². The molecule has 1 atom stereocenters. The van der Waals surface area contributed by atoms with Gasteiger partial charge in [-0.3, -0.25) is 9.59 Å². The molecule has 2 amide bonds. The van der Waals surface area contributed by atoms with E-state index in [1.807, 2.05) is 25.1 Å². The Bertz CT molecular complexity index is 530. The van der Waals surface area contributed by atoms with Crippen LogP contribution in [0.3, 0.4) is 0 Å². The van der Waals surface area contributed by atoms with Gasteiger partial charge in [-0.1, -0.05) is 18.2 Å². The largest absolute Gasteiger partial charge is 0.491 e. The molecule has 0 bridgehead atoms. The molecule has 1 heterocycles. The normalized spacial score (nSPS) is 20.5. The highest BCUT2D eigenvalue weighted by Gasteiger charge is 2.16. The highest BCUT2D eigenvalue weighted by Crippen LogP contribution is 2.20. The second-order valence-corrected chi connectivity index (χ2v) is 5.78. The van der Waals surface area contributed by atoms with Crippen molar-refractivity contribution in [2.75, 3.05) is 19.7 Å². The van der Waals surface area contributed by atoms with Crippen LogP contribution in [0.15, 0.2) is 24.3 Å². The van der Waals surface area contributed by atoms with E-state index in [0.717, 1.165) is 25.0 Å². The van der Waals surface area contributed by atoms with Crippen molar-refractivity contribution in [2.24, 2.45) is 0 Å². The zero-order chi connectivity index (χ0) is 15.9. The minimum absolute atomic E-state index is 0.0608. The molecule has 0 saturated heterocycles. The lowest BCUT2D eigenvalue weighted by Gasteiger charge is -2.21. The smallest absolute Gasteiger partial charge is 0.239 e. The molecule has 0 fully saturated rings. The molecule has 120 valence electrons. The number of nitrogens with one attached hydrogen (secondary N) is 1. The summed E-state index contributed by atoms with van der Waals surface area (Å²) in [5, 5.41) is 2.88. The van der Waals surface area contributed by atoms with Crippen LogP contribution in [0.5, 0.6) is 5.75 Å². The second kappa shape index (κ2) is 7.82. The first-order chi connectivity index (χ1) is 10.6. The molecule has 0 spiro atoms. The number of hydrogen-bond acceptors (Lipinski definition) is 3. The third-order valence-electron chi connectivity index (χ3n) is 3.77. The van der Waals surface area contributed by atoms with Crippen molar-refractivity contribution in [3.8, 4) is 5.75 Å². The minimum Gasteiger partial charge on any atom is -0.491 e. The third kappa shape index (κ3) is 4.76. The fourth-order valence-electron chi connectivity index (χ4n) is 2.57. The van der Waals surface area contributed by atoms with Crippen molar-refractivity contribution in [1.29, 1.82) is 0 Å². The van der Waals surface area contributed by atoms with Crippen molar-refractivity contribution in [2.45, 2.75) is 39.2 Å². The van der Waals surface area contributed by atoms with Crippen molar-refractivity contribution >= 4 is 11.8 Å². The highest BCUT2D eigenvalue weighted by atomic mass is 16.5. The summed E-state index contributed by atoms with van der Waals surface area (Å²) in [5.41, 5.74) is 1.18. The molecule has 1 aliphatic rings. The molecule has 0 unspecified atom stereocenters. The summed E-state index contributed by atoms with van der Waals surface area (Å²) < 4.78 is 5.84. The van der Waals surface area contributed by atoms with Gasteiger partial charge in [0.25, 0.3) is 0 Å². The summed E-state index contributed by atoms with van der Waals surface area (Å²) in [6, 6.07) is 7.90. The molecule has 5 heteroatoms. The zero-order valence-electron chi connectivity index (χ0n) is 13.3. The Morgan fingerprint density at radius 2 is 2.09 bits per heavy atom. The molecule has 2 rings (SSSR count). The average Bonchev–Trinajstić information content (AvgIpc) is 2.49. The molecule has 1 aromatic carbocycles. The Morgan fingerprint density at radius 1 is 1.32 bits per heavy atom. The van der Waals surface area contributed by atoms with Crippen molar-refractivity contribution in [3.05, 3.63) is 29.8 Å². The van der Waals surface area contributed by atoms with Crippen LogP contribution in [-0.2, 0) is 16.0 Å². The van der Waals surface area contributed by atoms with Crippen LogP contribution < -0.4 is 10.1 Å². The zero-order valence-corrected chi connectivity index (χ0v) is 13.3. The van der Waals surface area contributed by atoms with Gasteiger partial charge in [-0.15, -0.1) is 0 Å². The average molecular weight is 304 g/mol. The van der Waals surface area contributed by atoms with E-state index in [1.165, 1.54) is 12.5 Å². The molecule has 0 saturated carbocycles. The number of benzene rings is 1. The SMILES string of the molecule is CC(=O)N1CCCCc2ccccc2OC[C@H](C)NC(=O)C1. The van der Waals surface area contributed by atoms with E-state index in [2.05, 4.69) is 11.4 Å². The standard InChI is InChI=1S/C17H24N2O3/c1-13-12-22-16-9-4-3-7-15(16)8-5-6-10-19(14(2)20)11-17(21)18-13/h3-4,7,9,13H,5-6,8,10-12H2,1-2H3,(H,18,21)/t13-/m0/s1. The van der Waals surface area contributed by atoms with Crippen LogP contribution in [0.4, 0.5) is 0 Å². The van der Waals surface area contributed by atoms with Gasteiger partial charge in [0, 0.05) is 13.5 Å². The highest BCUT2D eigenvalue weighted by molar-refractivity contribution is 5.83. The summed E-state index contributed by atoms with van der Waals surface area (Å²) >= 11 is 0. The first kappa shape index (κ1) is 16.3. The Labute approximate surface area is 131 Å². The monoisotopic (exact) mass is 304 g/mol. The van der Waals surface area contributed by atoms with Gasteiger partial charge in [-0.05, 0) is 37.8 Å². The van der Waals surface area contributed by atoms with E-state index in [-0.39, 0.29) is 24.4 Å². The number of amides is 2. The third-order valence-corrected chi connectivity index (χ3v) is 3.77. The van der Waals surface area contributed by atoms with Crippen LogP contribution in [0.25, 0.3) is 0 Å². The summed E-state index contributed by atoms with van der Waals surface area (Å²) in [6.45, 7) is 4.56. The van der Waals surface area contributed by atoms with Gasteiger partial charge in [0.1, 0.15) is 12.4 Å². The minimum atomic E-state index is -0.140. The molecule has 0 radical (unpaired) electrons. The second-order valence-electron chi connectivity index (χ2n) is 5.78. The molecule has 22 heavy (non-hydrogen) atoms. The van der Waals surface area contributed by atoms with E-state index >= 15 is 0 Å². The molecule has 0 aliphatic carbocycles. The van der Waals surface area contributed by atoms with E-state index in [1.54, 1.807) is 4.90 Å². The van der Waals surface area contributed by atoms with Crippen molar-refractivity contribution < 1.29 is 14.3 Å². The molecule has 1 aliphatic heterocycles. The van der Waals surface area contributed by atoms with E-state index < -0.39 is 0 Å². The first-order valence-electron chi connectivity index (χ1n) is 7.82. The maximum absolute atomic E-state index is 12.0. The summed E-state index contributed by atoms with van der Waals surface area (Å²) in [4.78, 5) is 25.2. The molecular weight excluding hydrogens is 280 g/mol. The molecular formula is C17H24N2O3. The molecule has 0 aromatic heterocycles. The van der Waals surface area contributed by atoms with Crippen LogP contribution >= 0.6 is 0 Å². The Balaban J connectivity index is 2.11. The van der Waals surface area contributed by atoms with Gasteiger partial charge in [0.05, 0.1) is 12.6 Å². The van der Waals surface area contributed by atoms with Gasteiger partial charge < -0.3 is 15.0 Å². The maximum Gasteiger partial charge on any atom is 0.239 e. The lowest BCUT2D eigenvalue weighted by atomic mass is 10.1. The summed E-state index contributed by atoms with van der Waals surface area (Å²) in [6.07, 6.45) is 2.75. The van der Waals surface area contributed by atoms with Crippen molar-refractivity contribution in [1.82, 2.24) is 10.2 Å². The number of hydrogen-bond donors (Lipinski definition) is 1. The number of ether oxygens (including phenoxy) is 1. The van der Waals surface area contributed by atoms with Gasteiger partial charge in [-0.2, -0.15) is 0 Å². The molecule has 5 nitrogen and oxygen atoms in total. The topological polar surface area (TPSA) is 58.6 Å².